The molecule has 0 aliphatic heterocycles. The lowest BCUT2D eigenvalue weighted by Crippen LogP contribution is -2.36. The average molecular weight is 322 g/mol. The van der Waals surface area contributed by atoms with E-state index >= 15 is 0 Å². The van der Waals surface area contributed by atoms with Gasteiger partial charge in [0, 0.05) is 17.5 Å². The first-order valence-corrected chi connectivity index (χ1v) is 8.32. The predicted molar refractivity (Wildman–Crippen MR) is 94.4 cm³/mol. The molecule has 5 heteroatoms. The molecule has 1 N–H and O–H groups in total. The summed E-state index contributed by atoms with van der Waals surface area (Å²) in [6.07, 6.45) is 0. The van der Waals surface area contributed by atoms with Crippen LogP contribution in [0.25, 0.3) is 0 Å². The van der Waals surface area contributed by atoms with Crippen LogP contribution in [0.4, 0.5) is 5.69 Å². The molecule has 0 heterocycles. The van der Waals surface area contributed by atoms with Crippen molar-refractivity contribution in [1.82, 2.24) is 4.90 Å². The number of rotatable bonds is 5. The standard InChI is InChI=1S/C17H26N2O2S/c1-12-8-7-9-13(2)16(12)18-14(20)10-19(6)15(21)11-22-17(3,4)5/h7-9H,10-11H2,1-6H3,(H,18,20). The van der Waals surface area contributed by atoms with Crippen LogP contribution in [0, 0.1) is 13.8 Å². The third-order valence-corrected chi connectivity index (χ3v) is 4.44. The topological polar surface area (TPSA) is 49.4 Å². The number of likely N-dealkylation sites (N-methyl/N-ethyl adjacent to an activating group) is 1. The van der Waals surface area contributed by atoms with E-state index in [1.165, 1.54) is 4.90 Å². The minimum atomic E-state index is -0.172. The molecule has 0 bridgehead atoms. The zero-order valence-corrected chi connectivity index (χ0v) is 15.1. The van der Waals surface area contributed by atoms with Gasteiger partial charge in [0.2, 0.25) is 11.8 Å². The molecule has 122 valence electrons. The van der Waals surface area contributed by atoms with Crippen molar-refractivity contribution in [3.63, 3.8) is 0 Å². The maximum atomic E-state index is 12.1. The number of hydrogen-bond acceptors (Lipinski definition) is 3. The fourth-order valence-corrected chi connectivity index (χ4v) is 2.66. The molecule has 0 aliphatic carbocycles. The van der Waals surface area contributed by atoms with Gasteiger partial charge in [0.15, 0.2) is 0 Å². The van der Waals surface area contributed by atoms with E-state index in [4.69, 9.17) is 0 Å². The normalized spacial score (nSPS) is 11.2. The van der Waals surface area contributed by atoms with E-state index in [-0.39, 0.29) is 23.1 Å². The number of amides is 2. The summed E-state index contributed by atoms with van der Waals surface area (Å²) in [5.74, 6) is 0.182. The third kappa shape index (κ3) is 6.10. The molecular weight excluding hydrogens is 296 g/mol. The fraction of sp³-hybridized carbons (Fsp3) is 0.529. The van der Waals surface area contributed by atoms with Gasteiger partial charge in [-0.3, -0.25) is 9.59 Å². The number of benzene rings is 1. The van der Waals surface area contributed by atoms with Crippen LogP contribution in [0.15, 0.2) is 18.2 Å². The van der Waals surface area contributed by atoms with Crippen LogP contribution in [0.2, 0.25) is 0 Å². The van der Waals surface area contributed by atoms with Crippen LogP contribution in [-0.4, -0.2) is 40.8 Å². The molecule has 0 spiro atoms. The third-order valence-electron chi connectivity index (χ3n) is 3.18. The van der Waals surface area contributed by atoms with Gasteiger partial charge in [0.25, 0.3) is 0 Å². The second kappa shape index (κ2) is 7.68. The average Bonchev–Trinajstić information content (AvgIpc) is 2.39. The Morgan fingerprint density at radius 3 is 2.23 bits per heavy atom. The van der Waals surface area contributed by atoms with Crippen LogP contribution in [0.1, 0.15) is 31.9 Å². The molecule has 0 aliphatic rings. The lowest BCUT2D eigenvalue weighted by atomic mass is 10.1. The fourth-order valence-electron chi connectivity index (χ4n) is 1.88. The molecule has 4 nitrogen and oxygen atoms in total. The second-order valence-electron chi connectivity index (χ2n) is 6.47. The highest BCUT2D eigenvalue weighted by Gasteiger charge is 2.18. The molecule has 22 heavy (non-hydrogen) atoms. The van der Waals surface area contributed by atoms with Crippen molar-refractivity contribution >= 4 is 29.3 Å². The lowest BCUT2D eigenvalue weighted by molar-refractivity contribution is -0.131. The van der Waals surface area contributed by atoms with Crippen LogP contribution >= 0.6 is 11.8 Å². The number of nitrogens with one attached hydrogen (secondary N) is 1. The van der Waals surface area contributed by atoms with Crippen molar-refractivity contribution in [2.45, 2.75) is 39.4 Å². The van der Waals surface area contributed by atoms with Gasteiger partial charge in [0.05, 0.1) is 12.3 Å². The van der Waals surface area contributed by atoms with E-state index in [2.05, 4.69) is 26.1 Å². The summed E-state index contributed by atoms with van der Waals surface area (Å²) in [7, 11) is 1.66. The first-order chi connectivity index (χ1) is 10.1. The summed E-state index contributed by atoms with van der Waals surface area (Å²) in [4.78, 5) is 25.6. The van der Waals surface area contributed by atoms with Gasteiger partial charge < -0.3 is 10.2 Å². The SMILES string of the molecule is Cc1cccc(C)c1NC(=O)CN(C)C(=O)CSC(C)(C)C. The van der Waals surface area contributed by atoms with Crippen molar-refractivity contribution in [2.75, 3.05) is 24.7 Å². The minimum absolute atomic E-state index is 0.0309. The number of para-hydroxylation sites is 1. The Labute approximate surface area is 137 Å². The molecular formula is C17H26N2O2S. The summed E-state index contributed by atoms with van der Waals surface area (Å²) < 4.78 is 0.0387. The quantitative estimate of drug-likeness (QED) is 0.905. The number of carbonyl (C=O) groups is 2. The predicted octanol–water partition coefficient (Wildman–Crippen LogP) is 3.23. The van der Waals surface area contributed by atoms with Crippen molar-refractivity contribution in [3.05, 3.63) is 29.3 Å². The molecule has 0 aromatic heterocycles. The Bertz CT molecular complexity index is 530. The first-order valence-electron chi connectivity index (χ1n) is 7.34. The highest BCUT2D eigenvalue weighted by atomic mass is 32.2. The molecule has 1 aromatic carbocycles. The van der Waals surface area contributed by atoms with E-state index in [9.17, 15) is 9.59 Å². The number of anilines is 1. The summed E-state index contributed by atoms with van der Waals surface area (Å²) >= 11 is 1.58. The number of aryl methyl sites for hydroxylation is 2. The minimum Gasteiger partial charge on any atom is -0.336 e. The van der Waals surface area contributed by atoms with Gasteiger partial charge in [-0.05, 0) is 25.0 Å². The number of carbonyl (C=O) groups excluding carboxylic acids is 2. The molecule has 0 atom stereocenters. The van der Waals surface area contributed by atoms with Crippen molar-refractivity contribution in [1.29, 1.82) is 0 Å². The maximum absolute atomic E-state index is 12.1. The summed E-state index contributed by atoms with van der Waals surface area (Å²) in [5.41, 5.74) is 2.87. The Morgan fingerprint density at radius 1 is 1.18 bits per heavy atom. The van der Waals surface area contributed by atoms with E-state index in [0.29, 0.717) is 5.75 Å². The van der Waals surface area contributed by atoms with Gasteiger partial charge in [-0.2, -0.15) is 0 Å². The van der Waals surface area contributed by atoms with Crippen LogP contribution in [0.5, 0.6) is 0 Å². The Hall–Kier alpha value is -1.49. The van der Waals surface area contributed by atoms with Gasteiger partial charge in [-0.1, -0.05) is 39.0 Å². The zero-order chi connectivity index (χ0) is 16.9. The number of thioether (sulfide) groups is 1. The number of hydrogen-bond donors (Lipinski definition) is 1. The van der Waals surface area contributed by atoms with Crippen LogP contribution in [0.3, 0.4) is 0 Å². The second-order valence-corrected chi connectivity index (χ2v) is 8.27. The van der Waals surface area contributed by atoms with E-state index in [1.807, 2.05) is 32.0 Å². The maximum Gasteiger partial charge on any atom is 0.243 e. The monoisotopic (exact) mass is 322 g/mol. The molecule has 2 amide bonds. The molecule has 0 unspecified atom stereocenters. The Morgan fingerprint density at radius 2 is 1.73 bits per heavy atom. The summed E-state index contributed by atoms with van der Waals surface area (Å²) in [5, 5.41) is 2.90. The highest BCUT2D eigenvalue weighted by molar-refractivity contribution is 8.01. The molecule has 0 radical (unpaired) electrons. The molecule has 1 aromatic rings. The molecule has 0 saturated heterocycles. The summed E-state index contributed by atoms with van der Waals surface area (Å²) in [6, 6.07) is 5.87. The van der Waals surface area contributed by atoms with Gasteiger partial charge >= 0.3 is 0 Å². The van der Waals surface area contributed by atoms with Gasteiger partial charge in [-0.15, -0.1) is 11.8 Å². The Kier molecular flexibility index (Phi) is 6.48. The lowest BCUT2D eigenvalue weighted by Gasteiger charge is -2.21. The van der Waals surface area contributed by atoms with Crippen LogP contribution in [-0.2, 0) is 9.59 Å². The van der Waals surface area contributed by atoms with Gasteiger partial charge in [-0.25, -0.2) is 0 Å². The molecule has 1 rings (SSSR count). The van der Waals surface area contributed by atoms with Crippen molar-refractivity contribution in [2.24, 2.45) is 0 Å². The van der Waals surface area contributed by atoms with E-state index in [0.717, 1.165) is 16.8 Å². The van der Waals surface area contributed by atoms with E-state index in [1.54, 1.807) is 18.8 Å². The van der Waals surface area contributed by atoms with Crippen LogP contribution < -0.4 is 5.32 Å². The zero-order valence-electron chi connectivity index (χ0n) is 14.3. The van der Waals surface area contributed by atoms with Crippen molar-refractivity contribution in [3.8, 4) is 0 Å². The molecule has 0 fully saturated rings. The van der Waals surface area contributed by atoms with Crippen molar-refractivity contribution < 1.29 is 9.59 Å². The molecule has 0 saturated carbocycles. The Balaban J connectivity index is 2.56. The van der Waals surface area contributed by atoms with E-state index < -0.39 is 0 Å². The smallest absolute Gasteiger partial charge is 0.243 e. The van der Waals surface area contributed by atoms with Gasteiger partial charge in [0.1, 0.15) is 0 Å². The largest absolute Gasteiger partial charge is 0.336 e. The first kappa shape index (κ1) is 18.6. The highest BCUT2D eigenvalue weighted by Crippen LogP contribution is 2.23. The summed E-state index contributed by atoms with van der Waals surface area (Å²) in [6.45, 7) is 10.2. The number of nitrogens with zero attached hydrogens (tertiary/aromatic N) is 1.